The molecule has 0 bridgehead atoms. The van der Waals surface area contributed by atoms with Crippen molar-refractivity contribution in [3.8, 4) is 0 Å². The summed E-state index contributed by atoms with van der Waals surface area (Å²) in [6.45, 7) is 11.7. The molecule has 42 heavy (non-hydrogen) atoms. The molecule has 234 valence electrons. The first kappa shape index (κ1) is 34.8. The number of amides is 4. The maximum absolute atomic E-state index is 13.9. The second-order valence-corrected chi connectivity index (χ2v) is 12.7. The van der Waals surface area contributed by atoms with Crippen molar-refractivity contribution in [2.45, 2.75) is 97.9 Å². The van der Waals surface area contributed by atoms with E-state index in [0.717, 1.165) is 5.56 Å². The molecule has 1 saturated heterocycles. The van der Waals surface area contributed by atoms with Gasteiger partial charge in [-0.15, -0.1) is 0 Å². The number of likely N-dealkylation sites (N-methyl/N-ethyl adjacent to an activating group) is 2. The number of carbonyl (C=O) groups excluding carboxylic acids is 5. The quantitative estimate of drug-likeness (QED) is 0.452. The summed E-state index contributed by atoms with van der Waals surface area (Å²) < 4.78 is 5.85. The maximum atomic E-state index is 13.9. The van der Waals surface area contributed by atoms with Crippen molar-refractivity contribution in [1.29, 1.82) is 0 Å². The molecule has 1 fully saturated rings. The number of esters is 1. The van der Waals surface area contributed by atoms with E-state index in [0.29, 0.717) is 12.8 Å². The number of hydrogen-bond acceptors (Lipinski definition) is 6. The van der Waals surface area contributed by atoms with Crippen LogP contribution < -0.4 is 10.6 Å². The van der Waals surface area contributed by atoms with Crippen LogP contribution in [0, 0.1) is 17.8 Å². The standard InChI is InChI=1S/C32H50N4O6/c1-20(2)16-24-29(38)34-25(17-21(3)4)32(41)42-27(18-22(5)6)31(40)36(8)26(19-23-12-10-9-11-13-23)30(39)35(7)15-14-28(37)33-24/h9-13,20-22,24-27H,14-19H2,1-8H3,(H,33,37)(H,34,38)/t24-,25+,26+,27+/m1/s1. The molecular formula is C32H50N4O6. The van der Waals surface area contributed by atoms with Crippen molar-refractivity contribution < 1.29 is 28.7 Å². The van der Waals surface area contributed by atoms with Crippen molar-refractivity contribution in [3.05, 3.63) is 35.9 Å². The summed E-state index contributed by atoms with van der Waals surface area (Å²) in [4.78, 5) is 70.3. The van der Waals surface area contributed by atoms with Gasteiger partial charge in [-0.3, -0.25) is 19.2 Å². The van der Waals surface area contributed by atoms with E-state index in [2.05, 4.69) is 10.6 Å². The van der Waals surface area contributed by atoms with Crippen molar-refractivity contribution in [1.82, 2.24) is 20.4 Å². The minimum absolute atomic E-state index is 0.0143. The molecule has 2 rings (SSSR count). The monoisotopic (exact) mass is 586 g/mol. The minimum Gasteiger partial charge on any atom is -0.451 e. The Morgan fingerprint density at radius 3 is 1.93 bits per heavy atom. The molecule has 10 nitrogen and oxygen atoms in total. The van der Waals surface area contributed by atoms with Crippen LogP contribution in [0.2, 0.25) is 0 Å². The molecule has 0 saturated carbocycles. The molecular weight excluding hydrogens is 536 g/mol. The van der Waals surface area contributed by atoms with Gasteiger partial charge in [0.15, 0.2) is 6.10 Å². The molecule has 4 amide bonds. The fourth-order valence-electron chi connectivity index (χ4n) is 5.02. The van der Waals surface area contributed by atoms with E-state index in [1.165, 1.54) is 9.80 Å². The summed E-state index contributed by atoms with van der Waals surface area (Å²) >= 11 is 0. The van der Waals surface area contributed by atoms with Gasteiger partial charge in [0.2, 0.25) is 17.7 Å². The zero-order valence-corrected chi connectivity index (χ0v) is 26.5. The SMILES string of the molecule is CC(C)C[C@@H]1NC(=O)[C@@H](CC(C)C)NC(=O)CCN(C)C(=O)[C@H](Cc2ccccc2)N(C)C(=O)[C@H](CC(C)C)OC1=O. The summed E-state index contributed by atoms with van der Waals surface area (Å²) in [6, 6.07) is 6.64. The van der Waals surface area contributed by atoms with Gasteiger partial charge in [-0.05, 0) is 42.6 Å². The van der Waals surface area contributed by atoms with E-state index in [-0.39, 0.29) is 55.4 Å². The number of benzene rings is 1. The molecule has 0 radical (unpaired) electrons. The van der Waals surface area contributed by atoms with Crippen LogP contribution >= 0.6 is 0 Å². The smallest absolute Gasteiger partial charge is 0.329 e. The zero-order valence-electron chi connectivity index (χ0n) is 26.5. The normalized spacial score (nSPS) is 23.8. The molecule has 1 aliphatic heterocycles. The van der Waals surface area contributed by atoms with Gasteiger partial charge in [-0.1, -0.05) is 71.9 Å². The molecule has 1 aromatic carbocycles. The van der Waals surface area contributed by atoms with Crippen LogP contribution in [0.4, 0.5) is 0 Å². The average Bonchev–Trinajstić information content (AvgIpc) is 2.91. The lowest BCUT2D eigenvalue weighted by Gasteiger charge is -2.34. The van der Waals surface area contributed by atoms with E-state index in [1.807, 2.05) is 71.9 Å². The predicted molar refractivity (Wildman–Crippen MR) is 161 cm³/mol. The number of nitrogens with zero attached hydrogens (tertiary/aromatic N) is 2. The highest BCUT2D eigenvalue weighted by Gasteiger charge is 2.37. The van der Waals surface area contributed by atoms with E-state index in [9.17, 15) is 24.0 Å². The van der Waals surface area contributed by atoms with Crippen LogP contribution in [-0.2, 0) is 35.1 Å². The molecule has 0 aliphatic carbocycles. The fraction of sp³-hybridized carbons (Fsp3) is 0.656. The summed E-state index contributed by atoms with van der Waals surface area (Å²) in [5.41, 5.74) is 0.865. The largest absolute Gasteiger partial charge is 0.451 e. The van der Waals surface area contributed by atoms with Gasteiger partial charge < -0.3 is 25.2 Å². The predicted octanol–water partition coefficient (Wildman–Crippen LogP) is 2.94. The molecule has 1 aromatic rings. The third kappa shape index (κ3) is 10.8. The van der Waals surface area contributed by atoms with E-state index in [4.69, 9.17) is 4.74 Å². The third-order valence-electron chi connectivity index (χ3n) is 7.31. The number of ether oxygens (including phenoxy) is 1. The number of rotatable bonds is 8. The molecule has 0 spiro atoms. The Morgan fingerprint density at radius 2 is 1.36 bits per heavy atom. The Labute approximate surface area is 250 Å². The summed E-state index contributed by atoms with van der Waals surface area (Å²) in [5, 5.41) is 5.60. The molecule has 0 unspecified atom stereocenters. The van der Waals surface area contributed by atoms with E-state index >= 15 is 0 Å². The van der Waals surface area contributed by atoms with Crippen LogP contribution in [0.1, 0.15) is 72.8 Å². The number of carbonyl (C=O) groups is 5. The number of cyclic esters (lactones) is 1. The summed E-state index contributed by atoms with van der Waals surface area (Å²) in [6.07, 6.45) is 0.0194. The van der Waals surface area contributed by atoms with Gasteiger partial charge in [0.1, 0.15) is 18.1 Å². The highest BCUT2D eigenvalue weighted by molar-refractivity contribution is 5.93. The number of hydrogen-bond donors (Lipinski definition) is 2. The summed E-state index contributed by atoms with van der Waals surface area (Å²) in [5.74, 6) is -2.26. The Balaban J connectivity index is 2.54. The molecule has 1 heterocycles. The highest BCUT2D eigenvalue weighted by Crippen LogP contribution is 2.19. The fourth-order valence-corrected chi connectivity index (χ4v) is 5.02. The second-order valence-electron chi connectivity index (χ2n) is 12.7. The molecule has 1 aliphatic rings. The second kappa shape index (κ2) is 16.3. The molecule has 0 aromatic heterocycles. The third-order valence-corrected chi connectivity index (χ3v) is 7.31. The lowest BCUT2D eigenvalue weighted by molar-refractivity contribution is -0.165. The Morgan fingerprint density at radius 1 is 0.786 bits per heavy atom. The number of nitrogens with one attached hydrogen (secondary N) is 2. The van der Waals surface area contributed by atoms with Gasteiger partial charge in [-0.25, -0.2) is 4.79 Å². The maximum Gasteiger partial charge on any atom is 0.329 e. The van der Waals surface area contributed by atoms with Crippen molar-refractivity contribution in [3.63, 3.8) is 0 Å². The first-order valence-electron chi connectivity index (χ1n) is 15.0. The first-order valence-corrected chi connectivity index (χ1v) is 15.0. The van der Waals surface area contributed by atoms with Gasteiger partial charge in [0.25, 0.3) is 5.91 Å². The molecule has 10 heteroatoms. The summed E-state index contributed by atoms with van der Waals surface area (Å²) in [7, 11) is 3.14. The highest BCUT2D eigenvalue weighted by atomic mass is 16.5. The van der Waals surface area contributed by atoms with E-state index < -0.39 is 42.0 Å². The average molecular weight is 587 g/mol. The molecule has 4 atom stereocenters. The van der Waals surface area contributed by atoms with Crippen LogP contribution in [0.3, 0.4) is 0 Å². The van der Waals surface area contributed by atoms with E-state index in [1.54, 1.807) is 14.1 Å². The van der Waals surface area contributed by atoms with Crippen molar-refractivity contribution in [2.24, 2.45) is 17.8 Å². The van der Waals surface area contributed by atoms with Crippen molar-refractivity contribution in [2.75, 3.05) is 20.6 Å². The first-order chi connectivity index (χ1) is 19.7. The minimum atomic E-state index is -1.13. The van der Waals surface area contributed by atoms with Gasteiger partial charge >= 0.3 is 5.97 Å². The van der Waals surface area contributed by atoms with Gasteiger partial charge in [0, 0.05) is 33.5 Å². The van der Waals surface area contributed by atoms with Crippen molar-refractivity contribution >= 4 is 29.6 Å². The van der Waals surface area contributed by atoms with Crippen LogP contribution in [0.25, 0.3) is 0 Å². The van der Waals surface area contributed by atoms with Crippen LogP contribution in [-0.4, -0.2) is 84.3 Å². The lowest BCUT2D eigenvalue weighted by Crippen LogP contribution is -2.56. The Kier molecular flexibility index (Phi) is 13.5. The Hall–Kier alpha value is -3.43. The van der Waals surface area contributed by atoms with Crippen LogP contribution in [0.15, 0.2) is 30.3 Å². The topological polar surface area (TPSA) is 125 Å². The lowest BCUT2D eigenvalue weighted by atomic mass is 9.99. The van der Waals surface area contributed by atoms with Crippen LogP contribution in [0.5, 0.6) is 0 Å². The Bertz CT molecular complexity index is 1070. The molecule has 2 N–H and O–H groups in total. The zero-order chi connectivity index (χ0) is 31.6. The van der Waals surface area contributed by atoms with Gasteiger partial charge in [-0.2, -0.15) is 0 Å². The van der Waals surface area contributed by atoms with Gasteiger partial charge in [0.05, 0.1) is 0 Å².